The van der Waals surface area contributed by atoms with Gasteiger partial charge in [-0.05, 0) is 63.4 Å². The summed E-state index contributed by atoms with van der Waals surface area (Å²) in [6.45, 7) is 0. The van der Waals surface area contributed by atoms with Gasteiger partial charge in [0.25, 0.3) is 0 Å². The van der Waals surface area contributed by atoms with Crippen molar-refractivity contribution in [1.82, 2.24) is 10.3 Å². The summed E-state index contributed by atoms with van der Waals surface area (Å²) in [6, 6.07) is 1.30. The second kappa shape index (κ2) is 6.59. The van der Waals surface area contributed by atoms with Gasteiger partial charge in [0, 0.05) is 10.9 Å². The summed E-state index contributed by atoms with van der Waals surface area (Å²) in [7, 11) is 0. The van der Waals surface area contributed by atoms with Gasteiger partial charge in [-0.3, -0.25) is 0 Å². The van der Waals surface area contributed by atoms with E-state index in [-0.39, 0.29) is 0 Å². The third-order valence-corrected chi connectivity index (χ3v) is 5.98. The molecular formula is C15H24N2S2. The van der Waals surface area contributed by atoms with Crippen molar-refractivity contribution in [2.24, 2.45) is 0 Å². The quantitative estimate of drug-likeness (QED) is 0.771. The van der Waals surface area contributed by atoms with Crippen LogP contribution in [-0.2, 0) is 12.8 Å². The van der Waals surface area contributed by atoms with E-state index in [1.54, 1.807) is 4.88 Å². The molecule has 106 valence electrons. The van der Waals surface area contributed by atoms with Gasteiger partial charge in [0.05, 0.1) is 11.7 Å². The lowest BCUT2D eigenvalue weighted by Crippen LogP contribution is -2.23. The van der Waals surface area contributed by atoms with Gasteiger partial charge in [0.1, 0.15) is 5.01 Å². The summed E-state index contributed by atoms with van der Waals surface area (Å²) in [5, 5.41) is 5.19. The Morgan fingerprint density at radius 3 is 2.95 bits per heavy atom. The number of fused-ring (bicyclic) bond motifs is 1. The predicted octanol–water partition coefficient (Wildman–Crippen LogP) is 3.96. The van der Waals surface area contributed by atoms with Gasteiger partial charge in [-0.25, -0.2) is 4.98 Å². The van der Waals surface area contributed by atoms with Crippen LogP contribution < -0.4 is 5.32 Å². The van der Waals surface area contributed by atoms with Crippen LogP contribution in [0.1, 0.15) is 60.1 Å². The topological polar surface area (TPSA) is 24.9 Å². The van der Waals surface area contributed by atoms with Crippen LogP contribution in [0.5, 0.6) is 0 Å². The lowest BCUT2D eigenvalue weighted by atomic mass is 10.0. The highest BCUT2D eigenvalue weighted by Crippen LogP contribution is 2.33. The van der Waals surface area contributed by atoms with Crippen molar-refractivity contribution >= 4 is 23.1 Å². The molecule has 0 bridgehead atoms. The highest BCUT2D eigenvalue weighted by atomic mass is 32.2. The van der Waals surface area contributed by atoms with Crippen molar-refractivity contribution in [2.45, 2.75) is 63.5 Å². The highest BCUT2D eigenvalue weighted by Gasteiger charge is 2.27. The van der Waals surface area contributed by atoms with Gasteiger partial charge in [0.15, 0.2) is 0 Å². The summed E-state index contributed by atoms with van der Waals surface area (Å²) in [5.74, 6) is 1.27. The molecule has 0 aliphatic heterocycles. The van der Waals surface area contributed by atoms with Crippen molar-refractivity contribution in [3.05, 3.63) is 15.6 Å². The first-order valence-corrected chi connectivity index (χ1v) is 9.81. The Bertz CT molecular complexity index is 389. The SMILES string of the molecule is CSCCCC(NC1CC1)c1nc2c(s1)CCCC2. The largest absolute Gasteiger partial charge is 0.305 e. The first-order valence-electron chi connectivity index (χ1n) is 7.60. The van der Waals surface area contributed by atoms with E-state index in [4.69, 9.17) is 4.98 Å². The minimum Gasteiger partial charge on any atom is -0.305 e. The van der Waals surface area contributed by atoms with E-state index in [1.165, 1.54) is 67.8 Å². The van der Waals surface area contributed by atoms with Crippen LogP contribution in [0.2, 0.25) is 0 Å². The lowest BCUT2D eigenvalue weighted by molar-refractivity contribution is 0.489. The van der Waals surface area contributed by atoms with Gasteiger partial charge in [0.2, 0.25) is 0 Å². The van der Waals surface area contributed by atoms with Crippen molar-refractivity contribution < 1.29 is 0 Å². The highest BCUT2D eigenvalue weighted by molar-refractivity contribution is 7.98. The van der Waals surface area contributed by atoms with E-state index in [0.29, 0.717) is 6.04 Å². The average molecular weight is 297 g/mol. The smallest absolute Gasteiger partial charge is 0.110 e. The summed E-state index contributed by atoms with van der Waals surface area (Å²) < 4.78 is 0. The van der Waals surface area contributed by atoms with Crippen LogP contribution in [-0.4, -0.2) is 23.0 Å². The van der Waals surface area contributed by atoms with Gasteiger partial charge >= 0.3 is 0 Å². The van der Waals surface area contributed by atoms with Crippen molar-refractivity contribution in [3.8, 4) is 0 Å². The molecule has 2 nitrogen and oxygen atoms in total. The predicted molar refractivity (Wildman–Crippen MR) is 85.3 cm³/mol. The van der Waals surface area contributed by atoms with Crippen LogP contribution in [0.4, 0.5) is 0 Å². The fourth-order valence-electron chi connectivity index (χ4n) is 2.77. The van der Waals surface area contributed by atoms with Gasteiger partial charge < -0.3 is 5.32 Å². The van der Waals surface area contributed by atoms with Crippen LogP contribution in [0.25, 0.3) is 0 Å². The molecule has 3 rings (SSSR count). The van der Waals surface area contributed by atoms with E-state index < -0.39 is 0 Å². The summed E-state index contributed by atoms with van der Waals surface area (Å²) in [6.07, 6.45) is 12.7. The molecule has 19 heavy (non-hydrogen) atoms. The van der Waals surface area contributed by atoms with E-state index in [9.17, 15) is 0 Å². The molecule has 1 aromatic rings. The summed E-state index contributed by atoms with van der Waals surface area (Å²) in [4.78, 5) is 6.54. The molecule has 0 amide bonds. The molecule has 2 aliphatic carbocycles. The summed E-state index contributed by atoms with van der Waals surface area (Å²) in [5.41, 5.74) is 1.42. The minimum absolute atomic E-state index is 0.523. The van der Waals surface area contributed by atoms with E-state index in [2.05, 4.69) is 11.6 Å². The minimum atomic E-state index is 0.523. The van der Waals surface area contributed by atoms with Gasteiger partial charge in [-0.1, -0.05) is 0 Å². The average Bonchev–Trinajstić information content (AvgIpc) is 3.14. The molecule has 0 spiro atoms. The first kappa shape index (κ1) is 13.9. The Kier molecular flexibility index (Phi) is 4.83. The van der Waals surface area contributed by atoms with Crippen molar-refractivity contribution in [1.29, 1.82) is 0 Å². The third kappa shape index (κ3) is 3.73. The third-order valence-electron chi connectivity index (χ3n) is 4.02. The second-order valence-corrected chi connectivity index (χ2v) is 7.86. The molecule has 1 fully saturated rings. The molecule has 1 heterocycles. The molecule has 2 aliphatic rings. The standard InChI is InChI=1S/C15H24N2S2/c1-18-10-4-6-13(16-11-8-9-11)15-17-12-5-2-3-7-14(12)19-15/h11,13,16H,2-10H2,1H3. The molecular weight excluding hydrogens is 272 g/mol. The van der Waals surface area contributed by atoms with Crippen LogP contribution >= 0.6 is 23.1 Å². The molecule has 1 aromatic heterocycles. The van der Waals surface area contributed by atoms with Crippen LogP contribution in [0, 0.1) is 0 Å². The van der Waals surface area contributed by atoms with E-state index in [0.717, 1.165) is 6.04 Å². The Hall–Kier alpha value is -0.0600. The maximum Gasteiger partial charge on any atom is 0.110 e. The Labute approximate surface area is 124 Å². The fourth-order valence-corrected chi connectivity index (χ4v) is 4.47. The molecule has 4 heteroatoms. The van der Waals surface area contributed by atoms with Crippen LogP contribution in [0.15, 0.2) is 0 Å². The molecule has 0 saturated heterocycles. The van der Waals surface area contributed by atoms with Crippen molar-refractivity contribution in [3.63, 3.8) is 0 Å². The molecule has 0 aromatic carbocycles. The number of rotatable bonds is 7. The number of nitrogens with zero attached hydrogens (tertiary/aromatic N) is 1. The number of thiazole rings is 1. The van der Waals surface area contributed by atoms with E-state index >= 15 is 0 Å². The Morgan fingerprint density at radius 1 is 1.37 bits per heavy atom. The fraction of sp³-hybridized carbons (Fsp3) is 0.800. The zero-order valence-electron chi connectivity index (χ0n) is 11.8. The zero-order chi connectivity index (χ0) is 13.1. The number of aryl methyl sites for hydroxylation is 2. The molecule has 1 N–H and O–H groups in total. The molecule has 0 radical (unpaired) electrons. The molecule has 1 atom stereocenters. The monoisotopic (exact) mass is 296 g/mol. The number of nitrogens with one attached hydrogen (secondary N) is 1. The van der Waals surface area contributed by atoms with Crippen molar-refractivity contribution in [2.75, 3.05) is 12.0 Å². The Morgan fingerprint density at radius 2 is 2.21 bits per heavy atom. The lowest BCUT2D eigenvalue weighted by Gasteiger charge is -2.15. The maximum atomic E-state index is 4.96. The molecule has 1 unspecified atom stereocenters. The van der Waals surface area contributed by atoms with Crippen LogP contribution in [0.3, 0.4) is 0 Å². The first-order chi connectivity index (χ1) is 9.36. The van der Waals surface area contributed by atoms with Gasteiger partial charge in [-0.15, -0.1) is 11.3 Å². The normalized spacial score (nSPS) is 20.3. The summed E-state index contributed by atoms with van der Waals surface area (Å²) >= 11 is 3.95. The number of thioether (sulfide) groups is 1. The van der Waals surface area contributed by atoms with E-state index in [1.807, 2.05) is 23.1 Å². The van der Waals surface area contributed by atoms with Gasteiger partial charge in [-0.2, -0.15) is 11.8 Å². The molecule has 1 saturated carbocycles. The Balaban J connectivity index is 1.67. The number of hydrogen-bond donors (Lipinski definition) is 1. The second-order valence-electron chi connectivity index (χ2n) is 5.76. The number of aromatic nitrogens is 1. The zero-order valence-corrected chi connectivity index (χ0v) is 13.4. The number of hydrogen-bond acceptors (Lipinski definition) is 4. The maximum absolute atomic E-state index is 4.96.